The van der Waals surface area contributed by atoms with E-state index in [9.17, 15) is 9.59 Å². The summed E-state index contributed by atoms with van der Waals surface area (Å²) in [6.45, 7) is 2.84. The van der Waals surface area contributed by atoms with Gasteiger partial charge in [0.25, 0.3) is 5.91 Å². The predicted octanol–water partition coefficient (Wildman–Crippen LogP) is 2.36. The number of nitrogens with zero attached hydrogens (tertiary/aromatic N) is 2. The van der Waals surface area contributed by atoms with Gasteiger partial charge in [-0.05, 0) is 44.2 Å². The number of rotatable bonds is 5. The largest absolute Gasteiger partial charge is 0.378 e. The Morgan fingerprint density at radius 2 is 1.77 bits per heavy atom. The van der Waals surface area contributed by atoms with E-state index in [4.69, 9.17) is 4.74 Å². The van der Waals surface area contributed by atoms with E-state index in [1.807, 2.05) is 7.05 Å². The molecule has 3 rings (SSSR count). The number of morpholine rings is 1. The molecule has 1 aromatic rings. The minimum atomic E-state index is -0.00895. The molecule has 2 fully saturated rings. The van der Waals surface area contributed by atoms with Crippen molar-refractivity contribution in [3.63, 3.8) is 0 Å². The Morgan fingerprint density at radius 3 is 2.42 bits per heavy atom. The maximum atomic E-state index is 12.4. The van der Waals surface area contributed by atoms with Gasteiger partial charge in [-0.2, -0.15) is 0 Å². The Kier molecular flexibility index (Phi) is 6.63. The van der Waals surface area contributed by atoms with E-state index in [0.717, 1.165) is 5.69 Å². The van der Waals surface area contributed by atoms with Gasteiger partial charge in [0.1, 0.15) is 0 Å². The fourth-order valence-electron chi connectivity index (χ4n) is 3.72. The fourth-order valence-corrected chi connectivity index (χ4v) is 3.72. The van der Waals surface area contributed by atoms with Crippen LogP contribution >= 0.6 is 0 Å². The van der Waals surface area contributed by atoms with Crippen molar-refractivity contribution >= 4 is 17.5 Å². The van der Waals surface area contributed by atoms with Crippen LogP contribution in [0.15, 0.2) is 24.3 Å². The summed E-state index contributed by atoms with van der Waals surface area (Å²) in [7, 11) is 2.03. The van der Waals surface area contributed by atoms with Gasteiger partial charge in [-0.25, -0.2) is 0 Å². The zero-order valence-corrected chi connectivity index (χ0v) is 15.6. The van der Waals surface area contributed by atoms with Gasteiger partial charge in [-0.1, -0.05) is 19.3 Å². The smallest absolute Gasteiger partial charge is 0.254 e. The first-order valence-electron chi connectivity index (χ1n) is 9.60. The molecule has 0 unspecified atom stereocenters. The number of anilines is 1. The second-order valence-electron chi connectivity index (χ2n) is 7.24. The zero-order chi connectivity index (χ0) is 18.4. The fraction of sp³-hybridized carbons (Fsp3) is 0.600. The predicted molar refractivity (Wildman–Crippen MR) is 101 cm³/mol. The minimum absolute atomic E-state index is 0.00895. The Hall–Kier alpha value is -1.92. The standard InChI is InChI=1S/C20H29N3O3/c1-22(18-5-3-2-4-6-18)15-19(24)21-17-9-7-16(8-10-17)20(25)23-11-13-26-14-12-23/h7-10,18H,2-6,11-15H2,1H3,(H,21,24). The monoisotopic (exact) mass is 359 g/mol. The highest BCUT2D eigenvalue weighted by molar-refractivity contribution is 5.96. The van der Waals surface area contributed by atoms with Crippen LogP contribution in [0.2, 0.25) is 0 Å². The summed E-state index contributed by atoms with van der Waals surface area (Å²) in [5.41, 5.74) is 1.37. The molecule has 1 saturated heterocycles. The normalized spacial score (nSPS) is 18.8. The van der Waals surface area contributed by atoms with E-state index in [1.54, 1.807) is 29.2 Å². The zero-order valence-electron chi connectivity index (χ0n) is 15.6. The molecule has 0 atom stereocenters. The number of likely N-dealkylation sites (N-methyl/N-ethyl adjacent to an activating group) is 1. The lowest BCUT2D eigenvalue weighted by Gasteiger charge is -2.30. The molecule has 6 heteroatoms. The topological polar surface area (TPSA) is 61.9 Å². The van der Waals surface area contributed by atoms with Crippen LogP contribution in [0.25, 0.3) is 0 Å². The first-order chi connectivity index (χ1) is 12.6. The Labute approximate surface area is 155 Å². The number of ether oxygens (including phenoxy) is 1. The second-order valence-corrected chi connectivity index (χ2v) is 7.24. The van der Waals surface area contributed by atoms with Crippen molar-refractivity contribution in [2.45, 2.75) is 38.1 Å². The third kappa shape index (κ3) is 5.05. The molecule has 1 aliphatic heterocycles. The van der Waals surface area contributed by atoms with E-state index < -0.39 is 0 Å². The second kappa shape index (κ2) is 9.14. The van der Waals surface area contributed by atoms with Gasteiger partial charge in [0, 0.05) is 30.4 Å². The maximum Gasteiger partial charge on any atom is 0.254 e. The van der Waals surface area contributed by atoms with Crippen LogP contribution in [0.3, 0.4) is 0 Å². The summed E-state index contributed by atoms with van der Waals surface area (Å²) in [5.74, 6) is 0.00791. The molecule has 2 aliphatic rings. The molecular formula is C20H29N3O3. The summed E-state index contributed by atoms with van der Waals surface area (Å²) in [6, 6.07) is 7.66. The molecule has 1 saturated carbocycles. The average molecular weight is 359 g/mol. The number of hydrogen-bond donors (Lipinski definition) is 1. The van der Waals surface area contributed by atoms with E-state index in [2.05, 4.69) is 10.2 Å². The van der Waals surface area contributed by atoms with Gasteiger partial charge in [0.2, 0.25) is 5.91 Å². The Morgan fingerprint density at radius 1 is 1.12 bits per heavy atom. The molecule has 2 amide bonds. The summed E-state index contributed by atoms with van der Waals surface area (Å²) in [6.07, 6.45) is 6.20. The molecule has 1 aromatic carbocycles. The molecule has 142 valence electrons. The number of amides is 2. The number of carbonyl (C=O) groups is 2. The summed E-state index contributed by atoms with van der Waals surface area (Å²) < 4.78 is 5.28. The molecule has 26 heavy (non-hydrogen) atoms. The van der Waals surface area contributed by atoms with E-state index in [-0.39, 0.29) is 11.8 Å². The third-order valence-electron chi connectivity index (χ3n) is 5.30. The van der Waals surface area contributed by atoms with Crippen molar-refractivity contribution < 1.29 is 14.3 Å². The first kappa shape index (κ1) is 18.9. The van der Waals surface area contributed by atoms with Crippen molar-refractivity contribution in [2.24, 2.45) is 0 Å². The molecule has 0 radical (unpaired) electrons. The maximum absolute atomic E-state index is 12.4. The van der Waals surface area contributed by atoms with Crippen LogP contribution in [0.1, 0.15) is 42.5 Å². The van der Waals surface area contributed by atoms with E-state index >= 15 is 0 Å². The highest BCUT2D eigenvalue weighted by Crippen LogP contribution is 2.21. The molecular weight excluding hydrogens is 330 g/mol. The first-order valence-corrected chi connectivity index (χ1v) is 9.60. The summed E-state index contributed by atoms with van der Waals surface area (Å²) in [5, 5.41) is 2.93. The van der Waals surface area contributed by atoms with Crippen LogP contribution in [-0.2, 0) is 9.53 Å². The molecule has 0 spiro atoms. The third-order valence-corrected chi connectivity index (χ3v) is 5.30. The van der Waals surface area contributed by atoms with Gasteiger partial charge >= 0.3 is 0 Å². The van der Waals surface area contributed by atoms with Crippen molar-refractivity contribution in [3.8, 4) is 0 Å². The van der Waals surface area contributed by atoms with E-state index in [1.165, 1.54) is 32.1 Å². The quantitative estimate of drug-likeness (QED) is 0.877. The molecule has 1 N–H and O–H groups in total. The summed E-state index contributed by atoms with van der Waals surface area (Å²) >= 11 is 0. The lowest BCUT2D eigenvalue weighted by molar-refractivity contribution is -0.117. The van der Waals surface area contributed by atoms with Crippen molar-refractivity contribution in [1.82, 2.24) is 9.80 Å². The van der Waals surface area contributed by atoms with Crippen molar-refractivity contribution in [1.29, 1.82) is 0 Å². The number of nitrogens with one attached hydrogen (secondary N) is 1. The highest BCUT2D eigenvalue weighted by atomic mass is 16.5. The minimum Gasteiger partial charge on any atom is -0.378 e. The van der Waals surface area contributed by atoms with Crippen LogP contribution in [-0.4, -0.2) is 67.6 Å². The van der Waals surface area contributed by atoms with Crippen LogP contribution < -0.4 is 5.32 Å². The average Bonchev–Trinajstić information content (AvgIpc) is 2.69. The van der Waals surface area contributed by atoms with Gasteiger partial charge in [0.05, 0.1) is 19.8 Å². The van der Waals surface area contributed by atoms with Gasteiger partial charge in [-0.15, -0.1) is 0 Å². The SMILES string of the molecule is CN(CC(=O)Nc1ccc(C(=O)N2CCOCC2)cc1)C1CCCCC1. The van der Waals surface area contributed by atoms with Crippen LogP contribution in [0, 0.1) is 0 Å². The molecule has 0 bridgehead atoms. The molecule has 6 nitrogen and oxygen atoms in total. The van der Waals surface area contributed by atoms with E-state index in [0.29, 0.717) is 44.5 Å². The molecule has 1 heterocycles. The van der Waals surface area contributed by atoms with Crippen LogP contribution in [0.5, 0.6) is 0 Å². The lowest BCUT2D eigenvalue weighted by atomic mass is 9.94. The van der Waals surface area contributed by atoms with Crippen molar-refractivity contribution in [2.75, 3.05) is 45.2 Å². The number of hydrogen-bond acceptors (Lipinski definition) is 4. The Bertz CT molecular complexity index is 605. The van der Waals surface area contributed by atoms with Gasteiger partial charge in [-0.3, -0.25) is 14.5 Å². The summed E-state index contributed by atoms with van der Waals surface area (Å²) in [4.78, 5) is 28.7. The number of carbonyl (C=O) groups excluding carboxylic acids is 2. The van der Waals surface area contributed by atoms with Crippen molar-refractivity contribution in [3.05, 3.63) is 29.8 Å². The molecule has 1 aliphatic carbocycles. The Balaban J connectivity index is 1.50. The number of benzene rings is 1. The molecule has 0 aromatic heterocycles. The van der Waals surface area contributed by atoms with Crippen LogP contribution in [0.4, 0.5) is 5.69 Å². The van der Waals surface area contributed by atoms with Gasteiger partial charge in [0.15, 0.2) is 0 Å². The highest BCUT2D eigenvalue weighted by Gasteiger charge is 2.20. The lowest BCUT2D eigenvalue weighted by Crippen LogP contribution is -2.40. The van der Waals surface area contributed by atoms with Gasteiger partial charge < -0.3 is 15.0 Å².